The summed E-state index contributed by atoms with van der Waals surface area (Å²) >= 11 is 0. The molecule has 2 atom stereocenters. The topological polar surface area (TPSA) is 38.8 Å². The number of hydroxylamine groups is 1. The Morgan fingerprint density at radius 3 is 2.33 bits per heavy atom. The van der Waals surface area contributed by atoms with Gasteiger partial charge in [0.15, 0.2) is 6.10 Å². The Balaban J connectivity index is 1.93. The van der Waals surface area contributed by atoms with E-state index in [4.69, 9.17) is 9.57 Å². The summed E-state index contributed by atoms with van der Waals surface area (Å²) in [4.78, 5) is 17.6. The molecule has 0 N–H and O–H groups in total. The van der Waals surface area contributed by atoms with Crippen LogP contribution in [0.4, 0.5) is 5.69 Å². The van der Waals surface area contributed by atoms with Crippen LogP contribution in [0.1, 0.15) is 18.0 Å². The van der Waals surface area contributed by atoms with E-state index >= 15 is 0 Å². The summed E-state index contributed by atoms with van der Waals surface area (Å²) in [5, 5.41) is 1.80. The highest BCUT2D eigenvalue weighted by Gasteiger charge is 2.39. The number of anilines is 1. The van der Waals surface area contributed by atoms with Crippen molar-refractivity contribution in [3.8, 4) is 0 Å². The van der Waals surface area contributed by atoms with Gasteiger partial charge in [-0.2, -0.15) is 0 Å². The van der Waals surface area contributed by atoms with Gasteiger partial charge in [-0.15, -0.1) is 0 Å². The molecule has 21 heavy (non-hydrogen) atoms. The van der Waals surface area contributed by atoms with Gasteiger partial charge in [-0.3, -0.25) is 4.84 Å². The molecule has 0 aliphatic carbocycles. The summed E-state index contributed by atoms with van der Waals surface area (Å²) in [5.74, 6) is -0.339. The van der Waals surface area contributed by atoms with Crippen LogP contribution in [0.2, 0.25) is 0 Å². The Bertz CT molecular complexity index is 552. The van der Waals surface area contributed by atoms with Crippen LogP contribution in [0.5, 0.6) is 0 Å². The molecule has 1 aliphatic heterocycles. The van der Waals surface area contributed by atoms with Crippen molar-refractivity contribution in [1.29, 1.82) is 0 Å². The lowest BCUT2D eigenvalue weighted by molar-refractivity contribution is -0.151. The van der Waals surface area contributed by atoms with Crippen molar-refractivity contribution >= 4 is 11.7 Å². The van der Waals surface area contributed by atoms with Crippen LogP contribution in [-0.4, -0.2) is 19.2 Å². The molecule has 0 unspecified atom stereocenters. The molecule has 108 valence electrons. The highest BCUT2D eigenvalue weighted by Crippen LogP contribution is 2.38. The molecule has 0 bridgehead atoms. The van der Waals surface area contributed by atoms with Crippen LogP contribution in [-0.2, 0) is 14.4 Å². The highest BCUT2D eigenvalue weighted by atomic mass is 16.7. The van der Waals surface area contributed by atoms with E-state index in [1.807, 2.05) is 60.7 Å². The fraction of sp³-hybridized carbons (Fsp3) is 0.235. The van der Waals surface area contributed by atoms with Crippen molar-refractivity contribution in [2.45, 2.75) is 18.6 Å². The Kier molecular flexibility index (Phi) is 3.88. The predicted molar refractivity (Wildman–Crippen MR) is 79.6 cm³/mol. The molecule has 0 aromatic heterocycles. The molecule has 4 heteroatoms. The Morgan fingerprint density at radius 1 is 1.10 bits per heavy atom. The zero-order chi connectivity index (χ0) is 14.7. The summed E-state index contributed by atoms with van der Waals surface area (Å²) in [5.41, 5.74) is 2.05. The fourth-order valence-electron chi connectivity index (χ4n) is 2.59. The first kappa shape index (κ1) is 13.6. The highest BCUT2D eigenvalue weighted by molar-refractivity contribution is 5.75. The van der Waals surface area contributed by atoms with Crippen molar-refractivity contribution in [2.75, 3.05) is 12.2 Å². The Labute approximate surface area is 123 Å². The number of para-hydroxylation sites is 1. The normalized spacial score (nSPS) is 21.3. The second-order valence-corrected chi connectivity index (χ2v) is 4.94. The number of nitrogens with zero attached hydrogens (tertiary/aromatic N) is 1. The predicted octanol–water partition coefficient (Wildman–Crippen LogP) is 3.11. The van der Waals surface area contributed by atoms with E-state index in [9.17, 15) is 4.79 Å². The van der Waals surface area contributed by atoms with Gasteiger partial charge in [-0.1, -0.05) is 48.5 Å². The maximum Gasteiger partial charge on any atom is 0.337 e. The van der Waals surface area contributed by atoms with Crippen LogP contribution < -0.4 is 5.06 Å². The Morgan fingerprint density at radius 2 is 1.71 bits per heavy atom. The zero-order valence-electron chi connectivity index (χ0n) is 11.8. The van der Waals surface area contributed by atoms with Crippen LogP contribution in [0.25, 0.3) is 0 Å². The number of hydrogen-bond acceptors (Lipinski definition) is 4. The number of benzene rings is 2. The van der Waals surface area contributed by atoms with E-state index in [1.54, 1.807) is 5.06 Å². The van der Waals surface area contributed by atoms with Gasteiger partial charge in [-0.25, -0.2) is 9.86 Å². The maximum atomic E-state index is 11.8. The third-order valence-corrected chi connectivity index (χ3v) is 3.62. The number of methoxy groups -OCH3 is 1. The number of rotatable bonds is 3. The van der Waals surface area contributed by atoms with E-state index in [0.29, 0.717) is 6.42 Å². The smallest absolute Gasteiger partial charge is 0.337 e. The van der Waals surface area contributed by atoms with Crippen LogP contribution in [0.15, 0.2) is 60.7 Å². The van der Waals surface area contributed by atoms with Gasteiger partial charge in [0.05, 0.1) is 18.8 Å². The largest absolute Gasteiger partial charge is 0.467 e. The third kappa shape index (κ3) is 2.76. The van der Waals surface area contributed by atoms with Crippen molar-refractivity contribution in [3.05, 3.63) is 66.2 Å². The molecule has 2 aromatic rings. The lowest BCUT2D eigenvalue weighted by Gasteiger charge is -2.24. The molecule has 3 rings (SSSR count). The molecule has 1 fully saturated rings. The first-order valence-electron chi connectivity index (χ1n) is 6.93. The molecular formula is C17H17NO3. The SMILES string of the molecule is COC(=O)[C@@H]1C[C@@H](c2ccccc2)N(c2ccccc2)O1. The summed E-state index contributed by atoms with van der Waals surface area (Å²) in [7, 11) is 1.38. The van der Waals surface area contributed by atoms with E-state index in [-0.39, 0.29) is 12.0 Å². The van der Waals surface area contributed by atoms with Crippen LogP contribution in [0, 0.1) is 0 Å². The Hall–Kier alpha value is -2.33. The number of carbonyl (C=O) groups excluding carboxylic acids is 1. The zero-order valence-corrected chi connectivity index (χ0v) is 11.8. The van der Waals surface area contributed by atoms with Gasteiger partial charge < -0.3 is 4.74 Å². The first-order chi connectivity index (χ1) is 10.3. The van der Waals surface area contributed by atoms with E-state index in [0.717, 1.165) is 11.3 Å². The van der Waals surface area contributed by atoms with E-state index in [1.165, 1.54) is 7.11 Å². The van der Waals surface area contributed by atoms with Crippen molar-refractivity contribution in [1.82, 2.24) is 0 Å². The monoisotopic (exact) mass is 283 g/mol. The summed E-state index contributed by atoms with van der Waals surface area (Å²) < 4.78 is 4.81. The standard InChI is InChI=1S/C17H17NO3/c1-20-17(19)16-12-15(13-8-4-2-5-9-13)18(21-16)14-10-6-3-7-11-14/h2-11,15-16H,12H2,1H3/t15-,16-/m0/s1. The molecule has 0 amide bonds. The van der Waals surface area contributed by atoms with E-state index in [2.05, 4.69) is 0 Å². The molecule has 0 radical (unpaired) electrons. The summed E-state index contributed by atoms with van der Waals surface area (Å²) in [6.45, 7) is 0. The first-order valence-corrected chi connectivity index (χ1v) is 6.93. The number of ether oxygens (including phenoxy) is 1. The summed E-state index contributed by atoms with van der Waals surface area (Å²) in [6, 6.07) is 19.8. The number of carbonyl (C=O) groups is 1. The quantitative estimate of drug-likeness (QED) is 0.811. The minimum atomic E-state index is -0.569. The molecule has 1 aliphatic rings. The molecule has 0 spiro atoms. The third-order valence-electron chi connectivity index (χ3n) is 3.62. The van der Waals surface area contributed by atoms with Crippen molar-refractivity contribution in [2.24, 2.45) is 0 Å². The van der Waals surface area contributed by atoms with E-state index < -0.39 is 6.10 Å². The number of hydrogen-bond donors (Lipinski definition) is 0. The van der Waals surface area contributed by atoms with Gasteiger partial charge in [-0.05, 0) is 17.7 Å². The van der Waals surface area contributed by atoms with Crippen molar-refractivity contribution in [3.63, 3.8) is 0 Å². The molecular weight excluding hydrogens is 266 g/mol. The average molecular weight is 283 g/mol. The van der Waals surface area contributed by atoms with Crippen LogP contribution >= 0.6 is 0 Å². The molecule has 2 aromatic carbocycles. The van der Waals surface area contributed by atoms with Crippen LogP contribution in [0.3, 0.4) is 0 Å². The van der Waals surface area contributed by atoms with Gasteiger partial charge in [0.25, 0.3) is 0 Å². The molecule has 4 nitrogen and oxygen atoms in total. The van der Waals surface area contributed by atoms with Gasteiger partial charge in [0.1, 0.15) is 0 Å². The average Bonchev–Trinajstić information content (AvgIpc) is 3.01. The number of esters is 1. The second kappa shape index (κ2) is 5.97. The summed E-state index contributed by atoms with van der Waals surface area (Å²) in [6.07, 6.45) is 0.00592. The molecule has 0 saturated carbocycles. The fourth-order valence-corrected chi connectivity index (χ4v) is 2.59. The minimum Gasteiger partial charge on any atom is -0.467 e. The minimum absolute atomic E-state index is 0.00213. The van der Waals surface area contributed by atoms with Gasteiger partial charge in [0, 0.05) is 6.42 Å². The van der Waals surface area contributed by atoms with Gasteiger partial charge in [0.2, 0.25) is 0 Å². The van der Waals surface area contributed by atoms with Gasteiger partial charge >= 0.3 is 5.97 Å². The lowest BCUT2D eigenvalue weighted by Crippen LogP contribution is -2.25. The van der Waals surface area contributed by atoms with Crippen molar-refractivity contribution < 1.29 is 14.4 Å². The lowest BCUT2D eigenvalue weighted by atomic mass is 10.0. The molecule has 1 heterocycles. The molecule has 1 saturated heterocycles. The maximum absolute atomic E-state index is 11.8. The second-order valence-electron chi connectivity index (χ2n) is 4.94.